The van der Waals surface area contributed by atoms with Crippen molar-refractivity contribution >= 4 is 11.5 Å². The summed E-state index contributed by atoms with van der Waals surface area (Å²) < 4.78 is 0. The van der Waals surface area contributed by atoms with E-state index >= 15 is 0 Å². The van der Waals surface area contributed by atoms with Gasteiger partial charge in [-0.05, 0) is 44.3 Å². The molecule has 0 amide bonds. The van der Waals surface area contributed by atoms with Gasteiger partial charge in [0.2, 0.25) is 0 Å². The van der Waals surface area contributed by atoms with Crippen molar-refractivity contribution in [3.63, 3.8) is 0 Å². The summed E-state index contributed by atoms with van der Waals surface area (Å²) >= 11 is 0. The molecule has 1 aromatic heterocycles. The lowest BCUT2D eigenvalue weighted by Gasteiger charge is -2.28. The van der Waals surface area contributed by atoms with Crippen LogP contribution in [0.4, 0.5) is 11.5 Å². The second-order valence-electron chi connectivity index (χ2n) is 6.73. The Balaban J connectivity index is 1.78. The summed E-state index contributed by atoms with van der Waals surface area (Å²) in [5.74, 6) is 1.41. The number of hydrogen-bond donors (Lipinski definition) is 0. The zero-order valence-electron chi connectivity index (χ0n) is 13.3. The van der Waals surface area contributed by atoms with Gasteiger partial charge in [0.05, 0.1) is 4.92 Å². The van der Waals surface area contributed by atoms with E-state index in [1.165, 1.54) is 32.1 Å². The first-order valence-corrected chi connectivity index (χ1v) is 8.17. The lowest BCUT2D eigenvalue weighted by atomic mass is 10.00. The van der Waals surface area contributed by atoms with Crippen molar-refractivity contribution < 1.29 is 4.92 Å². The molecule has 2 fully saturated rings. The predicted octanol–water partition coefficient (Wildman–Crippen LogP) is 2.69. The Morgan fingerprint density at radius 2 is 2.05 bits per heavy atom. The maximum Gasteiger partial charge on any atom is 0.287 e. The second-order valence-corrected chi connectivity index (χ2v) is 6.73. The summed E-state index contributed by atoms with van der Waals surface area (Å²) in [4.78, 5) is 19.7. The molecule has 120 valence electrons. The summed E-state index contributed by atoms with van der Waals surface area (Å²) in [6, 6.07) is 4.40. The Kier molecular flexibility index (Phi) is 4.29. The highest BCUT2D eigenvalue weighted by Gasteiger charge is 2.38. The fraction of sp³-hybridized carbons (Fsp3) is 0.688. The number of pyridine rings is 1. The topological polar surface area (TPSA) is 62.5 Å². The van der Waals surface area contributed by atoms with E-state index in [9.17, 15) is 10.1 Å². The van der Waals surface area contributed by atoms with Crippen LogP contribution in [0.25, 0.3) is 0 Å². The Labute approximate surface area is 131 Å². The van der Waals surface area contributed by atoms with E-state index < -0.39 is 4.92 Å². The molecule has 1 aromatic rings. The molecule has 22 heavy (non-hydrogen) atoms. The Morgan fingerprint density at radius 1 is 1.32 bits per heavy atom. The third-order valence-electron chi connectivity index (χ3n) is 4.99. The Morgan fingerprint density at radius 3 is 2.59 bits per heavy atom. The highest BCUT2D eigenvalue weighted by atomic mass is 16.6. The van der Waals surface area contributed by atoms with E-state index in [-0.39, 0.29) is 5.69 Å². The van der Waals surface area contributed by atoms with Gasteiger partial charge in [0.1, 0.15) is 12.0 Å². The molecule has 2 saturated heterocycles. The predicted molar refractivity (Wildman–Crippen MR) is 86.1 cm³/mol. The van der Waals surface area contributed by atoms with Crippen molar-refractivity contribution in [1.82, 2.24) is 9.88 Å². The first kappa shape index (κ1) is 15.2. The Hall–Kier alpha value is -1.69. The van der Waals surface area contributed by atoms with E-state index in [1.807, 2.05) is 0 Å². The third-order valence-corrected chi connectivity index (χ3v) is 4.99. The molecule has 0 aliphatic carbocycles. The van der Waals surface area contributed by atoms with Gasteiger partial charge >= 0.3 is 0 Å². The number of aromatic nitrogens is 1. The van der Waals surface area contributed by atoms with Crippen LogP contribution in [0.3, 0.4) is 0 Å². The van der Waals surface area contributed by atoms with Crippen molar-refractivity contribution in [2.75, 3.05) is 24.5 Å². The zero-order chi connectivity index (χ0) is 15.7. The number of hydrogen-bond acceptors (Lipinski definition) is 5. The van der Waals surface area contributed by atoms with Gasteiger partial charge in [-0.25, -0.2) is 4.98 Å². The first-order chi connectivity index (χ1) is 10.6. The normalized spacial score (nSPS) is 26.0. The van der Waals surface area contributed by atoms with Gasteiger partial charge in [0.25, 0.3) is 5.69 Å². The molecule has 3 heterocycles. The van der Waals surface area contributed by atoms with Crippen LogP contribution < -0.4 is 4.90 Å². The molecule has 0 radical (unpaired) electrons. The molecular formula is C16H24N4O2. The van der Waals surface area contributed by atoms with Crippen LogP contribution in [0.5, 0.6) is 0 Å². The van der Waals surface area contributed by atoms with Crippen LogP contribution in [-0.2, 0) is 0 Å². The summed E-state index contributed by atoms with van der Waals surface area (Å²) in [7, 11) is 0. The van der Waals surface area contributed by atoms with Crippen LogP contribution in [-0.4, -0.2) is 46.5 Å². The van der Waals surface area contributed by atoms with Crippen molar-refractivity contribution in [2.45, 2.75) is 45.2 Å². The molecular weight excluding hydrogens is 280 g/mol. The van der Waals surface area contributed by atoms with Crippen LogP contribution in [0.15, 0.2) is 18.3 Å². The minimum absolute atomic E-state index is 0.0557. The molecule has 0 spiro atoms. The van der Waals surface area contributed by atoms with Gasteiger partial charge in [-0.3, -0.25) is 15.0 Å². The second kappa shape index (κ2) is 6.20. The SMILES string of the molecule is CC(C)C1CC(N2CCCC2)CN1c1ccc([N+](=O)[O-])cn1. The van der Waals surface area contributed by atoms with Gasteiger partial charge in [-0.1, -0.05) is 13.8 Å². The zero-order valence-corrected chi connectivity index (χ0v) is 13.3. The van der Waals surface area contributed by atoms with Crippen molar-refractivity contribution in [3.8, 4) is 0 Å². The molecule has 0 bridgehead atoms. The quantitative estimate of drug-likeness (QED) is 0.632. The number of likely N-dealkylation sites (tertiary alicyclic amines) is 1. The molecule has 2 aliphatic heterocycles. The fourth-order valence-electron chi connectivity index (χ4n) is 3.77. The van der Waals surface area contributed by atoms with Gasteiger partial charge < -0.3 is 4.90 Å². The highest BCUT2D eigenvalue weighted by molar-refractivity contribution is 5.45. The van der Waals surface area contributed by atoms with E-state index in [0.29, 0.717) is 18.0 Å². The molecule has 2 unspecified atom stereocenters. The van der Waals surface area contributed by atoms with Crippen LogP contribution >= 0.6 is 0 Å². The minimum atomic E-state index is -0.395. The summed E-state index contributed by atoms with van der Waals surface area (Å²) in [6.07, 6.45) is 5.14. The van der Waals surface area contributed by atoms with Gasteiger partial charge in [0.15, 0.2) is 0 Å². The summed E-state index contributed by atoms with van der Waals surface area (Å²) in [5.41, 5.74) is 0.0557. The summed E-state index contributed by atoms with van der Waals surface area (Å²) in [6.45, 7) is 7.88. The monoisotopic (exact) mass is 304 g/mol. The van der Waals surface area contributed by atoms with Crippen LogP contribution in [0.2, 0.25) is 0 Å². The minimum Gasteiger partial charge on any atom is -0.352 e. The lowest BCUT2D eigenvalue weighted by molar-refractivity contribution is -0.385. The van der Waals surface area contributed by atoms with Crippen LogP contribution in [0.1, 0.15) is 33.1 Å². The average molecular weight is 304 g/mol. The first-order valence-electron chi connectivity index (χ1n) is 8.17. The van der Waals surface area contributed by atoms with Gasteiger partial charge in [-0.15, -0.1) is 0 Å². The lowest BCUT2D eigenvalue weighted by Crippen LogP contribution is -2.36. The standard InChI is InChI=1S/C16H24N4O2/c1-12(2)15-9-14(18-7-3-4-8-18)11-19(15)16-6-5-13(10-17-16)20(21)22/h5-6,10,12,14-15H,3-4,7-9,11H2,1-2H3. The van der Waals surface area contributed by atoms with Crippen molar-refractivity contribution in [1.29, 1.82) is 0 Å². The molecule has 2 atom stereocenters. The molecule has 0 aromatic carbocycles. The molecule has 2 aliphatic rings. The van der Waals surface area contributed by atoms with Gasteiger partial charge in [0, 0.05) is 24.7 Å². The molecule has 6 nitrogen and oxygen atoms in total. The smallest absolute Gasteiger partial charge is 0.287 e. The van der Waals surface area contributed by atoms with Crippen LogP contribution in [0, 0.1) is 16.0 Å². The van der Waals surface area contributed by atoms with E-state index in [1.54, 1.807) is 12.1 Å². The number of nitro groups is 1. The number of nitrogens with zero attached hydrogens (tertiary/aromatic N) is 4. The van der Waals surface area contributed by atoms with E-state index in [2.05, 4.69) is 28.6 Å². The Bertz CT molecular complexity index is 525. The summed E-state index contributed by atoms with van der Waals surface area (Å²) in [5, 5.41) is 10.8. The molecule has 0 N–H and O–H groups in total. The van der Waals surface area contributed by atoms with E-state index in [4.69, 9.17) is 0 Å². The molecule has 0 saturated carbocycles. The van der Waals surface area contributed by atoms with Gasteiger partial charge in [-0.2, -0.15) is 0 Å². The molecule has 3 rings (SSSR count). The van der Waals surface area contributed by atoms with Crippen molar-refractivity contribution in [3.05, 3.63) is 28.4 Å². The molecule has 6 heteroatoms. The van der Waals surface area contributed by atoms with Crippen molar-refractivity contribution in [2.24, 2.45) is 5.92 Å². The fourth-order valence-corrected chi connectivity index (χ4v) is 3.77. The maximum atomic E-state index is 10.8. The number of rotatable bonds is 4. The maximum absolute atomic E-state index is 10.8. The highest BCUT2D eigenvalue weighted by Crippen LogP contribution is 2.32. The average Bonchev–Trinajstić information content (AvgIpc) is 3.16. The third kappa shape index (κ3) is 2.92. The number of anilines is 1. The largest absolute Gasteiger partial charge is 0.352 e. The van der Waals surface area contributed by atoms with E-state index in [0.717, 1.165) is 18.8 Å².